The van der Waals surface area contributed by atoms with E-state index in [2.05, 4.69) is 0 Å². The second kappa shape index (κ2) is 7.87. The maximum atomic E-state index is 11.9. The molecule has 0 unspecified atom stereocenters. The molecule has 1 aromatic carbocycles. The van der Waals surface area contributed by atoms with Crippen molar-refractivity contribution in [2.45, 2.75) is 11.7 Å². The first-order chi connectivity index (χ1) is 13.3. The van der Waals surface area contributed by atoms with Crippen molar-refractivity contribution in [3.8, 4) is 5.75 Å². The Balaban J connectivity index is 1.55. The molecule has 0 saturated carbocycles. The minimum atomic E-state index is -3.69. The number of rotatable bonds is 7. The number of hydrogen-bond donors (Lipinski definition) is 0. The Morgan fingerprint density at radius 3 is 2.57 bits per heavy atom. The Labute approximate surface area is 160 Å². The maximum Gasteiger partial charge on any atom is 0.344 e. The van der Waals surface area contributed by atoms with Crippen LogP contribution in [0.25, 0.3) is 11.0 Å². The Hall–Kier alpha value is -3.11. The molecule has 0 fully saturated rings. The van der Waals surface area contributed by atoms with E-state index in [1.165, 1.54) is 38.4 Å². The van der Waals surface area contributed by atoms with Gasteiger partial charge < -0.3 is 18.3 Å². The van der Waals surface area contributed by atoms with Gasteiger partial charge in [-0.3, -0.25) is 0 Å². The topological polar surface area (TPSA) is 116 Å². The normalized spacial score (nSPS) is 11.7. The molecule has 0 amide bonds. The summed E-state index contributed by atoms with van der Waals surface area (Å²) in [6, 6.07) is 10.4. The highest BCUT2D eigenvalue weighted by Gasteiger charge is 2.21. The second-order valence-corrected chi connectivity index (χ2v) is 7.99. The third-order valence-electron chi connectivity index (χ3n) is 3.70. The summed E-state index contributed by atoms with van der Waals surface area (Å²) in [5.74, 6) is -0.166. The minimum Gasteiger partial charge on any atom is -0.482 e. The zero-order chi connectivity index (χ0) is 20.3. The van der Waals surface area contributed by atoms with Gasteiger partial charge in [0.15, 0.2) is 6.61 Å². The highest BCUT2D eigenvalue weighted by Crippen LogP contribution is 2.20. The molecule has 0 aliphatic carbocycles. The summed E-state index contributed by atoms with van der Waals surface area (Å²) in [5, 5.41) is 0.480. The van der Waals surface area contributed by atoms with E-state index in [0.717, 1.165) is 9.69 Å². The highest BCUT2D eigenvalue weighted by molar-refractivity contribution is 7.88. The smallest absolute Gasteiger partial charge is 0.344 e. The van der Waals surface area contributed by atoms with Gasteiger partial charge in [0.05, 0.1) is 0 Å². The second-order valence-electron chi connectivity index (χ2n) is 5.91. The predicted octanol–water partition coefficient (Wildman–Crippen LogP) is 1.76. The first-order valence-electron chi connectivity index (χ1n) is 8.09. The lowest BCUT2D eigenvalue weighted by molar-refractivity contribution is -0.147. The molecule has 3 rings (SSSR count). The molecule has 0 spiro atoms. The van der Waals surface area contributed by atoms with Crippen LogP contribution >= 0.6 is 0 Å². The van der Waals surface area contributed by atoms with Crippen molar-refractivity contribution >= 4 is 27.0 Å². The van der Waals surface area contributed by atoms with Gasteiger partial charge in [-0.1, -0.05) is 0 Å². The van der Waals surface area contributed by atoms with Crippen LogP contribution in [0.5, 0.6) is 5.75 Å². The van der Waals surface area contributed by atoms with Gasteiger partial charge in [0, 0.05) is 31.6 Å². The average molecular weight is 407 g/mol. The zero-order valence-corrected chi connectivity index (χ0v) is 15.9. The Morgan fingerprint density at radius 1 is 1.07 bits per heavy atom. The average Bonchev–Trinajstić information content (AvgIpc) is 3.14. The van der Waals surface area contributed by atoms with Crippen molar-refractivity contribution in [1.29, 1.82) is 0 Å². The van der Waals surface area contributed by atoms with E-state index in [1.54, 1.807) is 18.2 Å². The van der Waals surface area contributed by atoms with Gasteiger partial charge in [0.1, 0.15) is 23.7 Å². The molecule has 0 aliphatic rings. The number of sulfonamides is 1. The number of furan rings is 1. The van der Waals surface area contributed by atoms with E-state index >= 15 is 0 Å². The van der Waals surface area contributed by atoms with Crippen LogP contribution < -0.4 is 10.4 Å². The number of ether oxygens (including phenoxy) is 2. The fourth-order valence-electron chi connectivity index (χ4n) is 2.22. The van der Waals surface area contributed by atoms with E-state index < -0.39 is 21.6 Å². The molecule has 0 N–H and O–H groups in total. The quantitative estimate of drug-likeness (QED) is 0.430. The van der Waals surface area contributed by atoms with Gasteiger partial charge in [0.2, 0.25) is 5.09 Å². The summed E-state index contributed by atoms with van der Waals surface area (Å²) in [7, 11) is -0.928. The number of fused-ring (bicyclic) bond motifs is 1. The summed E-state index contributed by atoms with van der Waals surface area (Å²) in [4.78, 5) is 23.1. The Bertz CT molecular complexity index is 1160. The molecule has 2 aromatic heterocycles. The summed E-state index contributed by atoms with van der Waals surface area (Å²) < 4.78 is 45.4. The van der Waals surface area contributed by atoms with Crippen molar-refractivity contribution in [2.24, 2.45) is 0 Å². The van der Waals surface area contributed by atoms with Crippen LogP contribution in [0.2, 0.25) is 0 Å². The van der Waals surface area contributed by atoms with E-state index in [4.69, 9.17) is 18.3 Å². The van der Waals surface area contributed by atoms with Gasteiger partial charge >= 0.3 is 11.6 Å². The molecule has 10 heteroatoms. The molecule has 148 valence electrons. The first-order valence-corrected chi connectivity index (χ1v) is 9.53. The standard InChI is InChI=1S/C18H17NO8S/c1-19(2)28(22,23)18-8-6-14(26-18)10-25-17(21)11-24-13-5-3-12-4-7-16(20)27-15(12)9-13/h3-9H,10-11H2,1-2H3. The number of carbonyl (C=O) groups is 1. The summed E-state index contributed by atoms with van der Waals surface area (Å²) in [5.41, 5.74) is -0.151. The molecular weight excluding hydrogens is 390 g/mol. The summed E-state index contributed by atoms with van der Waals surface area (Å²) in [6.07, 6.45) is 0. The van der Waals surface area contributed by atoms with Gasteiger partial charge in [-0.15, -0.1) is 0 Å². The SMILES string of the molecule is CN(C)S(=O)(=O)c1ccc(COC(=O)COc2ccc3ccc(=O)oc3c2)o1. The third kappa shape index (κ3) is 4.41. The molecule has 0 bridgehead atoms. The molecule has 0 radical (unpaired) electrons. The van der Waals surface area contributed by atoms with Gasteiger partial charge in [0.25, 0.3) is 10.0 Å². The molecule has 0 atom stereocenters. The van der Waals surface area contributed by atoms with Crippen LogP contribution in [0.1, 0.15) is 5.76 Å². The molecular formula is C18H17NO8S. The lowest BCUT2D eigenvalue weighted by atomic mass is 10.2. The van der Waals surface area contributed by atoms with E-state index in [9.17, 15) is 18.0 Å². The van der Waals surface area contributed by atoms with E-state index in [1.807, 2.05) is 0 Å². The number of esters is 1. The van der Waals surface area contributed by atoms with Crippen molar-refractivity contribution in [3.63, 3.8) is 0 Å². The van der Waals surface area contributed by atoms with E-state index in [0.29, 0.717) is 11.3 Å². The Kier molecular flexibility index (Phi) is 5.52. The molecule has 0 aliphatic heterocycles. The monoisotopic (exact) mass is 407 g/mol. The van der Waals surface area contributed by atoms with E-state index in [-0.39, 0.29) is 24.1 Å². The lowest BCUT2D eigenvalue weighted by Crippen LogP contribution is -2.21. The highest BCUT2D eigenvalue weighted by atomic mass is 32.2. The van der Waals surface area contributed by atoms with Crippen LogP contribution in [0, 0.1) is 0 Å². The van der Waals surface area contributed by atoms with Crippen LogP contribution in [-0.4, -0.2) is 39.4 Å². The predicted molar refractivity (Wildman–Crippen MR) is 97.4 cm³/mol. The van der Waals surface area contributed by atoms with Crippen LogP contribution in [0.3, 0.4) is 0 Å². The lowest BCUT2D eigenvalue weighted by Gasteiger charge is -2.08. The molecule has 9 nitrogen and oxygen atoms in total. The summed E-state index contributed by atoms with van der Waals surface area (Å²) >= 11 is 0. The third-order valence-corrected chi connectivity index (χ3v) is 5.39. The number of benzene rings is 1. The number of carbonyl (C=O) groups excluding carboxylic acids is 1. The minimum absolute atomic E-state index is 0.182. The van der Waals surface area contributed by atoms with Gasteiger partial charge in [-0.25, -0.2) is 22.3 Å². The maximum absolute atomic E-state index is 11.9. The fourth-order valence-corrected chi connectivity index (χ4v) is 3.03. The fraction of sp³-hybridized carbons (Fsp3) is 0.222. The van der Waals surface area contributed by atoms with Crippen LogP contribution in [0.4, 0.5) is 0 Å². The van der Waals surface area contributed by atoms with Crippen molar-refractivity contribution in [2.75, 3.05) is 20.7 Å². The molecule has 2 heterocycles. The van der Waals surface area contributed by atoms with Crippen LogP contribution in [-0.2, 0) is 26.2 Å². The van der Waals surface area contributed by atoms with Crippen molar-refractivity contribution in [3.05, 3.63) is 58.6 Å². The number of hydrogen-bond acceptors (Lipinski definition) is 8. The van der Waals surface area contributed by atoms with Crippen molar-refractivity contribution < 1.29 is 31.5 Å². The molecule has 3 aromatic rings. The Morgan fingerprint density at radius 2 is 1.82 bits per heavy atom. The van der Waals surface area contributed by atoms with Gasteiger partial charge in [-0.2, -0.15) is 0 Å². The van der Waals surface area contributed by atoms with Crippen molar-refractivity contribution in [1.82, 2.24) is 4.31 Å². The largest absolute Gasteiger partial charge is 0.482 e. The first kappa shape index (κ1) is 19.6. The number of nitrogens with zero attached hydrogens (tertiary/aromatic N) is 1. The molecule has 0 saturated heterocycles. The van der Waals surface area contributed by atoms with Crippen LogP contribution in [0.15, 0.2) is 61.2 Å². The summed E-state index contributed by atoms with van der Waals surface area (Å²) in [6.45, 7) is -0.621. The molecule has 28 heavy (non-hydrogen) atoms. The zero-order valence-electron chi connectivity index (χ0n) is 15.1. The van der Waals surface area contributed by atoms with Gasteiger partial charge in [-0.05, 0) is 30.3 Å².